The summed E-state index contributed by atoms with van der Waals surface area (Å²) in [7, 11) is 0. The summed E-state index contributed by atoms with van der Waals surface area (Å²) in [6.07, 6.45) is 0.277. The van der Waals surface area contributed by atoms with E-state index in [1.807, 2.05) is 0 Å². The van der Waals surface area contributed by atoms with Crippen molar-refractivity contribution in [2.24, 2.45) is 0 Å². The molecule has 7 heteroatoms. The molecule has 0 saturated carbocycles. The summed E-state index contributed by atoms with van der Waals surface area (Å²) in [6.45, 7) is 2.88. The molecule has 0 heterocycles. The first kappa shape index (κ1) is 16.0. The second-order valence-electron chi connectivity index (χ2n) is 4.07. The number of amides is 2. The van der Waals surface area contributed by atoms with Crippen molar-refractivity contribution in [3.05, 3.63) is 29.6 Å². The molecule has 0 aromatic heterocycles. The summed E-state index contributed by atoms with van der Waals surface area (Å²) in [6, 6.07) is 1.73. The SMILES string of the molecule is CCC(=O)NCCN(C(C)=O)c1ccc(F)c(F)c1F. The molecule has 0 aliphatic carbocycles. The standard InChI is InChI=1S/C13H15F3N2O2/c1-3-11(20)17-6-7-18(8(2)19)10-5-4-9(14)12(15)13(10)16/h4-5H,3,6-7H2,1-2H3,(H,17,20). The van der Waals surface area contributed by atoms with Gasteiger partial charge in [0.2, 0.25) is 11.8 Å². The Kier molecular flexibility index (Phi) is 5.54. The number of halogens is 3. The number of benzene rings is 1. The summed E-state index contributed by atoms with van der Waals surface area (Å²) >= 11 is 0. The van der Waals surface area contributed by atoms with E-state index in [4.69, 9.17) is 0 Å². The minimum absolute atomic E-state index is 0.0386. The maximum absolute atomic E-state index is 13.6. The third kappa shape index (κ3) is 3.72. The van der Waals surface area contributed by atoms with Crippen LogP contribution in [-0.4, -0.2) is 24.9 Å². The Balaban J connectivity index is 2.89. The van der Waals surface area contributed by atoms with E-state index >= 15 is 0 Å². The van der Waals surface area contributed by atoms with Crippen LogP contribution in [-0.2, 0) is 9.59 Å². The van der Waals surface area contributed by atoms with Crippen LogP contribution in [0.5, 0.6) is 0 Å². The fraction of sp³-hybridized carbons (Fsp3) is 0.385. The molecule has 0 aliphatic rings. The molecule has 0 unspecified atom stereocenters. The Labute approximate surface area is 114 Å². The first-order chi connectivity index (χ1) is 9.38. The molecular formula is C13H15F3N2O2. The zero-order valence-corrected chi connectivity index (χ0v) is 11.2. The molecule has 1 aromatic rings. The lowest BCUT2D eigenvalue weighted by Crippen LogP contribution is -2.38. The highest BCUT2D eigenvalue weighted by atomic mass is 19.2. The van der Waals surface area contributed by atoms with Gasteiger partial charge in [-0.25, -0.2) is 13.2 Å². The number of hydrogen-bond donors (Lipinski definition) is 1. The molecule has 0 spiro atoms. The minimum atomic E-state index is -1.63. The van der Waals surface area contributed by atoms with Crippen LogP contribution in [0.1, 0.15) is 20.3 Å². The summed E-state index contributed by atoms with van der Waals surface area (Å²) in [5, 5.41) is 2.51. The summed E-state index contributed by atoms with van der Waals surface area (Å²) in [5.74, 6) is -5.15. The molecule has 2 amide bonds. The summed E-state index contributed by atoms with van der Waals surface area (Å²) < 4.78 is 39.6. The molecule has 110 valence electrons. The van der Waals surface area contributed by atoms with Gasteiger partial charge in [-0.15, -0.1) is 0 Å². The Morgan fingerprint density at radius 1 is 1.20 bits per heavy atom. The van der Waals surface area contributed by atoms with Crippen molar-refractivity contribution < 1.29 is 22.8 Å². The summed E-state index contributed by atoms with van der Waals surface area (Å²) in [5.41, 5.74) is -0.359. The van der Waals surface area contributed by atoms with Crippen LogP contribution in [0.15, 0.2) is 12.1 Å². The topological polar surface area (TPSA) is 49.4 Å². The molecule has 0 radical (unpaired) electrons. The van der Waals surface area contributed by atoms with Gasteiger partial charge in [-0.05, 0) is 12.1 Å². The van der Waals surface area contributed by atoms with Gasteiger partial charge in [-0.3, -0.25) is 9.59 Å². The van der Waals surface area contributed by atoms with Crippen molar-refractivity contribution in [3.63, 3.8) is 0 Å². The van der Waals surface area contributed by atoms with Crippen LogP contribution in [0.2, 0.25) is 0 Å². The van der Waals surface area contributed by atoms with Gasteiger partial charge in [0.15, 0.2) is 17.5 Å². The van der Waals surface area contributed by atoms with E-state index in [9.17, 15) is 22.8 Å². The quantitative estimate of drug-likeness (QED) is 0.842. The van der Waals surface area contributed by atoms with Crippen LogP contribution in [0.3, 0.4) is 0 Å². The van der Waals surface area contributed by atoms with Gasteiger partial charge in [0.05, 0.1) is 5.69 Å². The highest BCUT2D eigenvalue weighted by molar-refractivity contribution is 5.91. The van der Waals surface area contributed by atoms with Gasteiger partial charge in [-0.2, -0.15) is 0 Å². The monoisotopic (exact) mass is 288 g/mol. The minimum Gasteiger partial charge on any atom is -0.354 e. The zero-order valence-electron chi connectivity index (χ0n) is 11.2. The molecule has 0 bridgehead atoms. The van der Waals surface area contributed by atoms with Crippen LogP contribution < -0.4 is 10.2 Å². The molecule has 0 saturated heterocycles. The van der Waals surface area contributed by atoms with Crippen molar-refractivity contribution in [2.45, 2.75) is 20.3 Å². The summed E-state index contributed by atoms with van der Waals surface area (Å²) in [4.78, 5) is 23.5. The number of carbonyl (C=O) groups is 2. The van der Waals surface area contributed by atoms with Gasteiger partial charge >= 0.3 is 0 Å². The third-order valence-electron chi connectivity index (χ3n) is 2.66. The van der Waals surface area contributed by atoms with E-state index in [1.165, 1.54) is 6.92 Å². The molecule has 20 heavy (non-hydrogen) atoms. The number of nitrogens with one attached hydrogen (secondary N) is 1. The Bertz CT molecular complexity index is 521. The Hall–Kier alpha value is -2.05. The van der Waals surface area contributed by atoms with Crippen molar-refractivity contribution in [1.29, 1.82) is 0 Å². The van der Waals surface area contributed by atoms with Crippen LogP contribution >= 0.6 is 0 Å². The average molecular weight is 288 g/mol. The molecule has 1 N–H and O–H groups in total. The van der Waals surface area contributed by atoms with E-state index < -0.39 is 23.4 Å². The third-order valence-corrected chi connectivity index (χ3v) is 2.66. The lowest BCUT2D eigenvalue weighted by molar-refractivity contribution is -0.121. The van der Waals surface area contributed by atoms with Gasteiger partial charge < -0.3 is 10.2 Å². The van der Waals surface area contributed by atoms with Crippen LogP contribution in [0.25, 0.3) is 0 Å². The molecule has 0 atom stereocenters. The number of carbonyl (C=O) groups excluding carboxylic acids is 2. The smallest absolute Gasteiger partial charge is 0.224 e. The average Bonchev–Trinajstić information content (AvgIpc) is 2.41. The van der Waals surface area contributed by atoms with E-state index in [0.29, 0.717) is 0 Å². The first-order valence-corrected chi connectivity index (χ1v) is 6.06. The highest BCUT2D eigenvalue weighted by Gasteiger charge is 2.20. The highest BCUT2D eigenvalue weighted by Crippen LogP contribution is 2.23. The van der Waals surface area contributed by atoms with Crippen LogP contribution in [0.4, 0.5) is 18.9 Å². The van der Waals surface area contributed by atoms with Gasteiger partial charge in [0, 0.05) is 26.4 Å². The van der Waals surface area contributed by atoms with E-state index in [-0.39, 0.29) is 31.1 Å². The first-order valence-electron chi connectivity index (χ1n) is 6.06. The number of rotatable bonds is 5. The van der Waals surface area contributed by atoms with Crippen molar-refractivity contribution in [2.75, 3.05) is 18.0 Å². The maximum atomic E-state index is 13.6. The molecule has 0 fully saturated rings. The fourth-order valence-electron chi connectivity index (χ4n) is 1.60. The molecule has 1 aromatic carbocycles. The van der Waals surface area contributed by atoms with Crippen molar-refractivity contribution in [3.8, 4) is 0 Å². The number of nitrogens with zero attached hydrogens (tertiary/aromatic N) is 1. The predicted octanol–water partition coefficient (Wildman–Crippen LogP) is 1.98. The van der Waals surface area contributed by atoms with Crippen molar-refractivity contribution >= 4 is 17.5 Å². The zero-order chi connectivity index (χ0) is 15.3. The lowest BCUT2D eigenvalue weighted by Gasteiger charge is -2.22. The lowest BCUT2D eigenvalue weighted by atomic mass is 10.2. The molecule has 0 aliphatic heterocycles. The van der Waals surface area contributed by atoms with Gasteiger partial charge in [0.25, 0.3) is 0 Å². The van der Waals surface area contributed by atoms with Gasteiger partial charge in [0.1, 0.15) is 0 Å². The fourth-order valence-corrected chi connectivity index (χ4v) is 1.60. The van der Waals surface area contributed by atoms with E-state index in [1.54, 1.807) is 6.92 Å². The molecule has 4 nitrogen and oxygen atoms in total. The van der Waals surface area contributed by atoms with Crippen LogP contribution in [0, 0.1) is 17.5 Å². The second kappa shape index (κ2) is 6.93. The molecular weight excluding hydrogens is 273 g/mol. The van der Waals surface area contributed by atoms with Crippen molar-refractivity contribution in [1.82, 2.24) is 5.32 Å². The Morgan fingerprint density at radius 3 is 2.40 bits per heavy atom. The normalized spacial score (nSPS) is 10.2. The number of anilines is 1. The largest absolute Gasteiger partial charge is 0.354 e. The van der Waals surface area contributed by atoms with E-state index in [2.05, 4.69) is 5.32 Å². The number of hydrogen-bond acceptors (Lipinski definition) is 2. The molecule has 1 rings (SSSR count). The Morgan fingerprint density at radius 2 is 1.85 bits per heavy atom. The maximum Gasteiger partial charge on any atom is 0.224 e. The van der Waals surface area contributed by atoms with Gasteiger partial charge in [-0.1, -0.05) is 6.92 Å². The van der Waals surface area contributed by atoms with E-state index in [0.717, 1.165) is 17.0 Å². The predicted molar refractivity (Wildman–Crippen MR) is 67.6 cm³/mol. The second-order valence-corrected chi connectivity index (χ2v) is 4.07.